The largest absolute Gasteiger partial charge is 0.508 e. The lowest BCUT2D eigenvalue weighted by molar-refractivity contribution is 0.465. The third kappa shape index (κ3) is 6.88. The van der Waals surface area contributed by atoms with Crippen LogP contribution in [0.25, 0.3) is 11.0 Å². The number of para-hydroxylation sites is 1. The predicted octanol–water partition coefficient (Wildman–Crippen LogP) is 6.66. The van der Waals surface area contributed by atoms with E-state index < -0.39 is 0 Å². The number of fused-ring (bicyclic) bond motifs is 1. The topological polar surface area (TPSA) is 61.8 Å². The molecule has 0 aliphatic carbocycles. The van der Waals surface area contributed by atoms with Crippen LogP contribution in [-0.2, 0) is 12.8 Å². The van der Waals surface area contributed by atoms with E-state index in [-0.39, 0.29) is 0 Å². The minimum absolute atomic E-state index is 0.452. The zero-order chi connectivity index (χ0) is 20.3. The van der Waals surface area contributed by atoms with Crippen molar-refractivity contribution >= 4 is 11.0 Å². The molecule has 1 heterocycles. The van der Waals surface area contributed by atoms with Gasteiger partial charge in [0.25, 0.3) is 0 Å². The Morgan fingerprint density at radius 2 is 1.34 bits per heavy atom. The minimum atomic E-state index is 0.452. The van der Waals surface area contributed by atoms with Crippen molar-refractivity contribution in [1.82, 2.24) is 15.4 Å². The van der Waals surface area contributed by atoms with Crippen LogP contribution in [0, 0.1) is 6.92 Å². The van der Waals surface area contributed by atoms with Gasteiger partial charge in [-0.05, 0) is 55.9 Å². The normalized spacial score (nSPS) is 11.3. The van der Waals surface area contributed by atoms with Crippen molar-refractivity contribution < 1.29 is 5.11 Å². The molecule has 3 rings (SSSR count). The first-order chi connectivity index (χ1) is 14.2. The molecular weight excluding hydrogens is 358 g/mol. The lowest BCUT2D eigenvalue weighted by Gasteiger charge is -2.06. The molecule has 0 amide bonds. The fourth-order valence-electron chi connectivity index (χ4n) is 4.09. The van der Waals surface area contributed by atoms with Crippen LogP contribution in [0.4, 0.5) is 0 Å². The number of aryl methyl sites for hydroxylation is 3. The second-order valence-electron chi connectivity index (χ2n) is 8.28. The molecule has 1 aromatic heterocycles. The number of unbranched alkanes of at least 4 members (excludes halogenated alkanes) is 9. The van der Waals surface area contributed by atoms with Gasteiger partial charge >= 0.3 is 0 Å². The summed E-state index contributed by atoms with van der Waals surface area (Å²) in [5.41, 5.74) is 5.65. The molecule has 0 bridgehead atoms. The van der Waals surface area contributed by atoms with E-state index in [1.807, 2.05) is 18.2 Å². The van der Waals surface area contributed by atoms with Gasteiger partial charge < -0.3 is 5.11 Å². The molecule has 0 spiro atoms. The molecule has 0 fully saturated rings. The van der Waals surface area contributed by atoms with E-state index >= 15 is 0 Å². The van der Waals surface area contributed by atoms with E-state index in [1.165, 1.54) is 75.3 Å². The van der Waals surface area contributed by atoms with Crippen molar-refractivity contribution in [3.8, 4) is 5.75 Å². The van der Waals surface area contributed by atoms with Crippen molar-refractivity contribution in [2.45, 2.75) is 84.0 Å². The fourth-order valence-corrected chi connectivity index (χ4v) is 4.09. The van der Waals surface area contributed by atoms with Crippen LogP contribution in [0.3, 0.4) is 0 Å². The van der Waals surface area contributed by atoms with Crippen molar-refractivity contribution in [2.24, 2.45) is 0 Å². The number of hydrogen-bond donors (Lipinski definition) is 2. The number of phenolic OH excluding ortho intramolecular Hbond substituents is 1. The molecule has 2 aromatic carbocycles. The zero-order valence-electron chi connectivity index (χ0n) is 17.8. The number of aromatic nitrogens is 3. The number of phenols is 1. The van der Waals surface area contributed by atoms with Crippen molar-refractivity contribution in [1.29, 1.82) is 0 Å². The molecule has 2 N–H and O–H groups in total. The Bertz CT molecular complexity index is 871. The number of aromatic hydroxyl groups is 1. The molecule has 4 nitrogen and oxygen atoms in total. The SMILES string of the molecule is Cc1ccc(O)c(CCCCCCCCCCCCc2cccc3n[nH]nc23)c1. The van der Waals surface area contributed by atoms with Gasteiger partial charge in [-0.25, -0.2) is 0 Å². The highest BCUT2D eigenvalue weighted by atomic mass is 16.3. The molecule has 0 unspecified atom stereocenters. The van der Waals surface area contributed by atoms with Crippen LogP contribution in [0.2, 0.25) is 0 Å². The first-order valence-electron chi connectivity index (χ1n) is 11.3. The Morgan fingerprint density at radius 1 is 0.724 bits per heavy atom. The lowest BCUT2D eigenvalue weighted by atomic mass is 10.0. The number of aromatic amines is 1. The Kier molecular flexibility index (Phi) is 8.54. The van der Waals surface area contributed by atoms with Gasteiger partial charge in [-0.1, -0.05) is 81.2 Å². The minimum Gasteiger partial charge on any atom is -0.508 e. The molecule has 0 atom stereocenters. The van der Waals surface area contributed by atoms with E-state index in [4.69, 9.17) is 0 Å². The van der Waals surface area contributed by atoms with Gasteiger partial charge in [-0.15, -0.1) is 0 Å². The Morgan fingerprint density at radius 3 is 2.03 bits per heavy atom. The van der Waals surface area contributed by atoms with Gasteiger partial charge in [0.05, 0.1) is 0 Å². The van der Waals surface area contributed by atoms with Gasteiger partial charge in [-0.2, -0.15) is 15.4 Å². The highest BCUT2D eigenvalue weighted by Crippen LogP contribution is 2.21. The Labute approximate surface area is 174 Å². The van der Waals surface area contributed by atoms with Gasteiger partial charge in [0, 0.05) is 0 Å². The Balaban J connectivity index is 1.16. The molecule has 29 heavy (non-hydrogen) atoms. The van der Waals surface area contributed by atoms with E-state index in [0.29, 0.717) is 5.75 Å². The Hall–Kier alpha value is -2.36. The second-order valence-corrected chi connectivity index (χ2v) is 8.28. The summed E-state index contributed by atoms with van der Waals surface area (Å²) in [5.74, 6) is 0.452. The third-order valence-corrected chi connectivity index (χ3v) is 5.81. The summed E-state index contributed by atoms with van der Waals surface area (Å²) in [6.07, 6.45) is 15.1. The third-order valence-electron chi connectivity index (χ3n) is 5.81. The standard InChI is InChI=1S/C25H35N3O/c1-20-17-18-24(29)22(19-20)14-11-9-7-5-3-2-4-6-8-10-13-21-15-12-16-23-25(21)27-28-26-23/h12,15-19,29H,2-11,13-14H2,1H3,(H,26,27,28). The molecule has 4 heteroatoms. The van der Waals surface area contributed by atoms with E-state index in [9.17, 15) is 5.11 Å². The highest BCUT2D eigenvalue weighted by molar-refractivity contribution is 5.77. The first kappa shape index (κ1) is 21.4. The average molecular weight is 394 g/mol. The number of hydrogen-bond acceptors (Lipinski definition) is 3. The maximum Gasteiger partial charge on any atom is 0.118 e. The van der Waals surface area contributed by atoms with Crippen molar-refractivity contribution in [3.05, 3.63) is 53.1 Å². The van der Waals surface area contributed by atoms with E-state index in [0.717, 1.165) is 29.4 Å². The van der Waals surface area contributed by atoms with E-state index in [2.05, 4.69) is 40.5 Å². The van der Waals surface area contributed by atoms with Gasteiger partial charge in [0.15, 0.2) is 0 Å². The maximum absolute atomic E-state index is 9.89. The van der Waals surface area contributed by atoms with Crippen molar-refractivity contribution in [2.75, 3.05) is 0 Å². The van der Waals surface area contributed by atoms with Crippen LogP contribution in [0.15, 0.2) is 36.4 Å². The van der Waals surface area contributed by atoms with Crippen LogP contribution < -0.4 is 0 Å². The number of rotatable bonds is 13. The van der Waals surface area contributed by atoms with Crippen molar-refractivity contribution in [3.63, 3.8) is 0 Å². The van der Waals surface area contributed by atoms with Crippen LogP contribution >= 0.6 is 0 Å². The summed E-state index contributed by atoms with van der Waals surface area (Å²) in [6.45, 7) is 2.08. The molecule has 156 valence electrons. The molecule has 0 aliphatic heterocycles. The first-order valence-corrected chi connectivity index (χ1v) is 11.3. The smallest absolute Gasteiger partial charge is 0.118 e. The number of benzene rings is 2. The second kappa shape index (κ2) is 11.6. The molecule has 0 saturated carbocycles. The molecular formula is C25H35N3O. The quantitative estimate of drug-likeness (QED) is 0.319. The van der Waals surface area contributed by atoms with Gasteiger partial charge in [0.1, 0.15) is 16.8 Å². The summed E-state index contributed by atoms with van der Waals surface area (Å²) in [7, 11) is 0. The van der Waals surface area contributed by atoms with Gasteiger partial charge in [-0.3, -0.25) is 0 Å². The summed E-state index contributed by atoms with van der Waals surface area (Å²) >= 11 is 0. The molecule has 0 radical (unpaired) electrons. The number of nitrogens with one attached hydrogen (secondary N) is 1. The molecule has 0 saturated heterocycles. The van der Waals surface area contributed by atoms with E-state index in [1.54, 1.807) is 0 Å². The van der Waals surface area contributed by atoms with Crippen LogP contribution in [0.5, 0.6) is 5.75 Å². The fraction of sp³-hybridized carbons (Fsp3) is 0.520. The molecule has 3 aromatic rings. The molecule has 0 aliphatic rings. The summed E-state index contributed by atoms with van der Waals surface area (Å²) in [4.78, 5) is 0. The predicted molar refractivity (Wildman–Crippen MR) is 120 cm³/mol. The highest BCUT2D eigenvalue weighted by Gasteiger charge is 2.04. The van der Waals surface area contributed by atoms with Gasteiger partial charge in [0.2, 0.25) is 0 Å². The van der Waals surface area contributed by atoms with Crippen LogP contribution in [-0.4, -0.2) is 20.5 Å². The zero-order valence-corrected chi connectivity index (χ0v) is 17.8. The maximum atomic E-state index is 9.89. The summed E-state index contributed by atoms with van der Waals surface area (Å²) < 4.78 is 0. The van der Waals surface area contributed by atoms with Crippen LogP contribution in [0.1, 0.15) is 80.9 Å². The average Bonchev–Trinajstić information content (AvgIpc) is 3.21. The monoisotopic (exact) mass is 393 g/mol. The lowest BCUT2D eigenvalue weighted by Crippen LogP contribution is -1.89. The number of nitrogens with zero attached hydrogens (tertiary/aromatic N) is 2. The summed E-state index contributed by atoms with van der Waals surface area (Å²) in [6, 6.07) is 12.2. The number of H-pyrrole nitrogens is 1. The summed E-state index contributed by atoms with van der Waals surface area (Å²) in [5, 5.41) is 21.0.